The molecule has 0 aliphatic heterocycles. The normalized spacial score (nSPS) is 11.4. The van der Waals surface area contributed by atoms with E-state index in [1.165, 1.54) is 26.9 Å². The Balaban J connectivity index is 1.61. The molecule has 0 aliphatic rings. The van der Waals surface area contributed by atoms with Crippen LogP contribution in [0.25, 0.3) is 32.3 Å². The SMILES string of the molecule is O=C(Cc1ccc2ccc3cccc4ccc1c2c34)Oc1ccccc1. The zero-order chi connectivity index (χ0) is 17.5. The molecule has 0 unspecified atom stereocenters. The third kappa shape index (κ3) is 2.39. The number of para-hydroxylation sites is 1. The lowest BCUT2D eigenvalue weighted by Gasteiger charge is -2.13. The van der Waals surface area contributed by atoms with Gasteiger partial charge in [0.25, 0.3) is 0 Å². The van der Waals surface area contributed by atoms with Gasteiger partial charge in [0.1, 0.15) is 5.75 Å². The fourth-order valence-electron chi connectivity index (χ4n) is 3.76. The van der Waals surface area contributed by atoms with Crippen molar-refractivity contribution in [1.82, 2.24) is 0 Å². The van der Waals surface area contributed by atoms with E-state index >= 15 is 0 Å². The first-order valence-corrected chi connectivity index (χ1v) is 8.71. The second-order valence-electron chi connectivity index (χ2n) is 6.54. The van der Waals surface area contributed by atoms with Gasteiger partial charge in [-0.15, -0.1) is 0 Å². The van der Waals surface area contributed by atoms with Gasteiger partial charge >= 0.3 is 5.97 Å². The van der Waals surface area contributed by atoms with Gasteiger partial charge in [-0.25, -0.2) is 0 Å². The lowest BCUT2D eigenvalue weighted by atomic mass is 9.91. The molecule has 0 atom stereocenters. The molecule has 0 spiro atoms. The predicted octanol–water partition coefficient (Wildman–Crippen LogP) is 5.73. The van der Waals surface area contributed by atoms with Crippen LogP contribution in [0.3, 0.4) is 0 Å². The molecular formula is C24H16O2. The molecular weight excluding hydrogens is 320 g/mol. The maximum absolute atomic E-state index is 12.4. The van der Waals surface area contributed by atoms with Crippen molar-refractivity contribution in [1.29, 1.82) is 0 Å². The maximum Gasteiger partial charge on any atom is 0.315 e. The summed E-state index contributed by atoms with van der Waals surface area (Å²) in [6.45, 7) is 0. The number of carbonyl (C=O) groups is 1. The second-order valence-corrected chi connectivity index (χ2v) is 6.54. The standard InChI is InChI=1S/C24H16O2/c25-22(26-20-7-2-1-3-8-20)15-19-12-11-18-10-9-16-5-4-6-17-13-14-21(19)24(18)23(16)17/h1-14H,15H2. The van der Waals surface area contributed by atoms with E-state index in [-0.39, 0.29) is 12.4 Å². The van der Waals surface area contributed by atoms with Gasteiger partial charge in [-0.1, -0.05) is 72.8 Å². The first-order valence-electron chi connectivity index (χ1n) is 8.71. The fraction of sp³-hybridized carbons (Fsp3) is 0.0417. The molecule has 5 rings (SSSR count). The van der Waals surface area contributed by atoms with E-state index in [1.807, 2.05) is 24.3 Å². The van der Waals surface area contributed by atoms with Crippen LogP contribution >= 0.6 is 0 Å². The first-order chi connectivity index (χ1) is 12.8. The van der Waals surface area contributed by atoms with E-state index in [4.69, 9.17) is 4.74 Å². The van der Waals surface area contributed by atoms with Crippen LogP contribution < -0.4 is 4.74 Å². The Kier molecular flexibility index (Phi) is 3.36. The van der Waals surface area contributed by atoms with Gasteiger partial charge in [-0.3, -0.25) is 4.79 Å². The van der Waals surface area contributed by atoms with Crippen molar-refractivity contribution in [2.45, 2.75) is 6.42 Å². The van der Waals surface area contributed by atoms with Crippen molar-refractivity contribution in [3.8, 4) is 5.75 Å². The van der Waals surface area contributed by atoms with E-state index in [0.29, 0.717) is 5.75 Å². The Morgan fingerprint density at radius 1 is 0.654 bits per heavy atom. The quantitative estimate of drug-likeness (QED) is 0.239. The Bertz CT molecular complexity index is 1220. The van der Waals surface area contributed by atoms with Crippen LogP contribution in [0.4, 0.5) is 0 Å². The molecule has 0 amide bonds. The molecule has 0 saturated carbocycles. The molecule has 5 aromatic carbocycles. The molecule has 5 aromatic rings. The molecule has 0 N–H and O–H groups in total. The summed E-state index contributed by atoms with van der Waals surface area (Å²) < 4.78 is 5.47. The summed E-state index contributed by atoms with van der Waals surface area (Å²) in [6, 6.07) is 28.3. The van der Waals surface area contributed by atoms with E-state index < -0.39 is 0 Å². The molecule has 0 fully saturated rings. The monoisotopic (exact) mass is 336 g/mol. The third-order valence-electron chi connectivity index (χ3n) is 4.93. The van der Waals surface area contributed by atoms with Gasteiger partial charge in [0.15, 0.2) is 0 Å². The highest BCUT2D eigenvalue weighted by atomic mass is 16.5. The van der Waals surface area contributed by atoms with Crippen LogP contribution in [0.15, 0.2) is 84.9 Å². The van der Waals surface area contributed by atoms with Crippen LogP contribution in [-0.4, -0.2) is 5.97 Å². The van der Waals surface area contributed by atoms with Crippen molar-refractivity contribution in [2.24, 2.45) is 0 Å². The van der Waals surface area contributed by atoms with Crippen molar-refractivity contribution in [2.75, 3.05) is 0 Å². The third-order valence-corrected chi connectivity index (χ3v) is 4.93. The number of hydrogen-bond donors (Lipinski definition) is 0. The molecule has 2 heteroatoms. The summed E-state index contributed by atoms with van der Waals surface area (Å²) in [5.74, 6) is 0.335. The summed E-state index contributed by atoms with van der Waals surface area (Å²) in [6.07, 6.45) is 0.253. The van der Waals surface area contributed by atoms with Gasteiger partial charge in [-0.2, -0.15) is 0 Å². The van der Waals surface area contributed by atoms with Gasteiger partial charge in [0, 0.05) is 0 Å². The van der Waals surface area contributed by atoms with Crippen LogP contribution in [0, 0.1) is 0 Å². The summed E-state index contributed by atoms with van der Waals surface area (Å²) in [4.78, 5) is 12.4. The highest BCUT2D eigenvalue weighted by molar-refractivity contribution is 6.23. The van der Waals surface area contributed by atoms with Crippen molar-refractivity contribution >= 4 is 38.3 Å². The van der Waals surface area contributed by atoms with Crippen LogP contribution in [0.1, 0.15) is 5.56 Å². The molecule has 26 heavy (non-hydrogen) atoms. The summed E-state index contributed by atoms with van der Waals surface area (Å²) in [7, 11) is 0. The molecule has 2 nitrogen and oxygen atoms in total. The minimum Gasteiger partial charge on any atom is -0.426 e. The first kappa shape index (κ1) is 14.9. The highest BCUT2D eigenvalue weighted by Crippen LogP contribution is 2.36. The Morgan fingerprint density at radius 3 is 2.08 bits per heavy atom. The summed E-state index contributed by atoms with van der Waals surface area (Å²) >= 11 is 0. The number of esters is 1. The summed E-state index contributed by atoms with van der Waals surface area (Å²) in [5.41, 5.74) is 0.997. The molecule has 0 heterocycles. The summed E-state index contributed by atoms with van der Waals surface area (Å²) in [5, 5.41) is 7.27. The Labute approximate surface area is 151 Å². The smallest absolute Gasteiger partial charge is 0.315 e. The number of ether oxygens (including phenoxy) is 1. The predicted molar refractivity (Wildman–Crippen MR) is 106 cm³/mol. The largest absolute Gasteiger partial charge is 0.426 e. The van der Waals surface area contributed by atoms with E-state index in [0.717, 1.165) is 10.9 Å². The number of carbonyl (C=O) groups excluding carboxylic acids is 1. The topological polar surface area (TPSA) is 26.3 Å². The van der Waals surface area contributed by atoms with E-state index in [2.05, 4.69) is 48.5 Å². The van der Waals surface area contributed by atoms with Gasteiger partial charge in [0.2, 0.25) is 0 Å². The molecule has 0 radical (unpaired) electrons. The average Bonchev–Trinajstić information content (AvgIpc) is 2.68. The zero-order valence-corrected chi connectivity index (χ0v) is 14.1. The molecule has 0 aromatic heterocycles. The van der Waals surface area contributed by atoms with Gasteiger partial charge < -0.3 is 4.74 Å². The second kappa shape index (κ2) is 5.85. The lowest BCUT2D eigenvalue weighted by molar-refractivity contribution is -0.133. The average molecular weight is 336 g/mol. The minimum absolute atomic E-state index is 0.244. The Hall–Kier alpha value is -3.39. The van der Waals surface area contributed by atoms with Crippen molar-refractivity contribution in [3.05, 3.63) is 90.5 Å². The molecule has 0 saturated heterocycles. The molecule has 0 aliphatic carbocycles. The molecule has 0 bridgehead atoms. The number of rotatable bonds is 3. The minimum atomic E-state index is -0.244. The highest BCUT2D eigenvalue weighted by Gasteiger charge is 2.13. The number of benzene rings is 5. The maximum atomic E-state index is 12.4. The fourth-order valence-corrected chi connectivity index (χ4v) is 3.76. The van der Waals surface area contributed by atoms with Crippen molar-refractivity contribution < 1.29 is 9.53 Å². The van der Waals surface area contributed by atoms with E-state index in [1.54, 1.807) is 12.1 Å². The van der Waals surface area contributed by atoms with Crippen LogP contribution in [0.5, 0.6) is 5.75 Å². The van der Waals surface area contributed by atoms with E-state index in [9.17, 15) is 4.79 Å². The Morgan fingerprint density at radius 2 is 1.31 bits per heavy atom. The lowest BCUT2D eigenvalue weighted by Crippen LogP contribution is -2.11. The van der Waals surface area contributed by atoms with Crippen LogP contribution in [-0.2, 0) is 11.2 Å². The van der Waals surface area contributed by atoms with Gasteiger partial charge in [0.05, 0.1) is 6.42 Å². The van der Waals surface area contributed by atoms with Crippen molar-refractivity contribution in [3.63, 3.8) is 0 Å². The zero-order valence-electron chi connectivity index (χ0n) is 14.1. The number of hydrogen-bond acceptors (Lipinski definition) is 2. The molecule has 124 valence electrons. The van der Waals surface area contributed by atoms with Crippen LogP contribution in [0.2, 0.25) is 0 Å². The van der Waals surface area contributed by atoms with Gasteiger partial charge in [-0.05, 0) is 50.0 Å².